The van der Waals surface area contributed by atoms with Crippen molar-refractivity contribution in [3.8, 4) is 5.75 Å². The Morgan fingerprint density at radius 2 is 1.90 bits per heavy atom. The first-order valence-corrected chi connectivity index (χ1v) is 8.07. The van der Waals surface area contributed by atoms with Crippen LogP contribution in [0.5, 0.6) is 5.75 Å². The minimum atomic E-state index is -4.70. The lowest BCUT2D eigenvalue weighted by molar-refractivity contribution is -0.274. The molecule has 0 aromatic heterocycles. The molecule has 0 spiro atoms. The number of unbranched alkanes of at least 4 members (excludes halogenated alkanes) is 4. The third kappa shape index (κ3) is 8.44. The maximum atomic E-state index is 12.1. The summed E-state index contributed by atoms with van der Waals surface area (Å²) in [6, 6.07) is 3.93. The number of alkyl halides is 3. The predicted octanol–water partition coefficient (Wildman–Crippen LogP) is 5.81. The van der Waals surface area contributed by atoms with Gasteiger partial charge in [0.2, 0.25) is 0 Å². The Hall–Kier alpha value is -0.590. The van der Waals surface area contributed by atoms with Crippen LogP contribution in [0.4, 0.5) is 13.2 Å². The zero-order valence-corrected chi connectivity index (χ0v) is 13.4. The van der Waals surface area contributed by atoms with Crippen molar-refractivity contribution in [2.45, 2.75) is 50.3 Å². The van der Waals surface area contributed by atoms with Crippen molar-refractivity contribution < 1.29 is 17.9 Å². The molecule has 0 saturated carbocycles. The van der Waals surface area contributed by atoms with Crippen molar-refractivity contribution in [2.75, 3.05) is 6.54 Å². The fourth-order valence-electron chi connectivity index (χ4n) is 1.69. The van der Waals surface area contributed by atoms with Crippen LogP contribution in [0.3, 0.4) is 0 Å². The molecule has 1 rings (SSSR count). The summed E-state index contributed by atoms with van der Waals surface area (Å²) in [5.74, 6) is -0.309. The van der Waals surface area contributed by atoms with E-state index in [0.29, 0.717) is 4.90 Å². The molecule has 0 heterocycles. The lowest BCUT2D eigenvalue weighted by atomic mass is 10.2. The van der Waals surface area contributed by atoms with Gasteiger partial charge < -0.3 is 4.74 Å². The van der Waals surface area contributed by atoms with E-state index >= 15 is 0 Å². The number of rotatable bonds is 9. The smallest absolute Gasteiger partial charge is 0.406 e. The van der Waals surface area contributed by atoms with Crippen LogP contribution in [0.2, 0.25) is 5.02 Å². The van der Waals surface area contributed by atoms with Crippen molar-refractivity contribution in [3.05, 3.63) is 23.2 Å². The molecule has 0 bridgehead atoms. The van der Waals surface area contributed by atoms with Gasteiger partial charge in [-0.1, -0.05) is 44.2 Å². The minimum absolute atomic E-state index is 0.236. The van der Waals surface area contributed by atoms with Crippen LogP contribution in [0.25, 0.3) is 0 Å². The molecule has 0 atom stereocenters. The van der Waals surface area contributed by atoms with Gasteiger partial charge in [0.05, 0.1) is 5.02 Å². The second-order valence-electron chi connectivity index (χ2n) is 4.55. The summed E-state index contributed by atoms with van der Waals surface area (Å²) >= 11 is 7.25. The topological polar surface area (TPSA) is 21.3 Å². The Bertz CT molecular complexity index is 429. The molecule has 0 saturated heterocycles. The van der Waals surface area contributed by atoms with E-state index in [4.69, 9.17) is 11.6 Å². The first-order chi connectivity index (χ1) is 9.92. The average Bonchev–Trinajstić information content (AvgIpc) is 2.38. The number of hydrogen-bond acceptors (Lipinski definition) is 3. The minimum Gasteiger partial charge on any atom is -0.406 e. The Morgan fingerprint density at radius 3 is 2.52 bits per heavy atom. The Labute approximate surface area is 132 Å². The molecule has 7 heteroatoms. The summed E-state index contributed by atoms with van der Waals surface area (Å²) in [7, 11) is 0. The van der Waals surface area contributed by atoms with Crippen molar-refractivity contribution in [1.29, 1.82) is 0 Å². The molecule has 1 aromatic carbocycles. The zero-order valence-electron chi connectivity index (χ0n) is 11.8. The lowest BCUT2D eigenvalue weighted by Gasteiger charge is -2.11. The number of benzene rings is 1. The normalized spacial score (nSPS) is 11.7. The van der Waals surface area contributed by atoms with Gasteiger partial charge in [0.1, 0.15) is 5.75 Å². The van der Waals surface area contributed by atoms with Crippen LogP contribution in [0, 0.1) is 0 Å². The second kappa shape index (κ2) is 9.43. The van der Waals surface area contributed by atoms with Gasteiger partial charge in [0.25, 0.3) is 0 Å². The van der Waals surface area contributed by atoms with Gasteiger partial charge in [-0.15, -0.1) is 13.2 Å². The highest BCUT2D eigenvalue weighted by molar-refractivity contribution is 7.97. The molecule has 21 heavy (non-hydrogen) atoms. The average molecular weight is 342 g/mol. The molecule has 0 aliphatic heterocycles. The maximum Gasteiger partial charge on any atom is 0.573 e. The summed E-state index contributed by atoms with van der Waals surface area (Å²) < 4.78 is 43.2. The van der Waals surface area contributed by atoms with Gasteiger partial charge in [0, 0.05) is 17.5 Å². The molecule has 0 amide bonds. The van der Waals surface area contributed by atoms with Crippen molar-refractivity contribution in [2.24, 2.45) is 0 Å². The zero-order chi connectivity index (χ0) is 15.7. The van der Waals surface area contributed by atoms with E-state index in [0.717, 1.165) is 13.0 Å². The summed E-state index contributed by atoms with van der Waals surface area (Å²) in [4.78, 5) is 0.680. The third-order valence-corrected chi connectivity index (χ3v) is 4.05. The van der Waals surface area contributed by atoms with E-state index in [2.05, 4.69) is 16.4 Å². The van der Waals surface area contributed by atoms with Gasteiger partial charge in [-0.05, 0) is 30.5 Å². The van der Waals surface area contributed by atoms with Crippen molar-refractivity contribution in [3.63, 3.8) is 0 Å². The van der Waals surface area contributed by atoms with E-state index in [1.807, 2.05) is 0 Å². The summed E-state index contributed by atoms with van der Waals surface area (Å²) in [6.45, 7) is 3.01. The van der Waals surface area contributed by atoms with E-state index in [9.17, 15) is 13.2 Å². The predicted molar refractivity (Wildman–Crippen MR) is 80.8 cm³/mol. The Balaban J connectivity index is 2.33. The molecular formula is C14H19ClF3NOS. The fourth-order valence-corrected chi connectivity index (χ4v) is 2.67. The standard InChI is InChI=1S/C14H19ClF3NOS/c1-2-3-4-5-6-9-19-21-13-8-7-11(10-12(13)15)20-14(16,17)18/h7-8,10,19H,2-6,9H2,1H3. The first-order valence-electron chi connectivity index (χ1n) is 6.87. The monoisotopic (exact) mass is 341 g/mol. The molecule has 2 nitrogen and oxygen atoms in total. The Morgan fingerprint density at radius 1 is 1.19 bits per heavy atom. The first kappa shape index (κ1) is 18.5. The molecule has 0 aliphatic rings. The highest BCUT2D eigenvalue weighted by Crippen LogP contribution is 2.31. The van der Waals surface area contributed by atoms with E-state index in [1.165, 1.54) is 55.8 Å². The van der Waals surface area contributed by atoms with Crippen LogP contribution >= 0.6 is 23.5 Å². The molecular weight excluding hydrogens is 323 g/mol. The van der Waals surface area contributed by atoms with Crippen molar-refractivity contribution in [1.82, 2.24) is 4.72 Å². The van der Waals surface area contributed by atoms with E-state index < -0.39 is 6.36 Å². The number of nitrogens with one attached hydrogen (secondary N) is 1. The number of hydrogen-bond donors (Lipinski definition) is 1. The molecule has 0 radical (unpaired) electrons. The number of ether oxygens (including phenoxy) is 1. The molecule has 1 aromatic rings. The lowest BCUT2D eigenvalue weighted by Crippen LogP contribution is -2.17. The molecule has 0 unspecified atom stereocenters. The molecule has 0 aliphatic carbocycles. The van der Waals surface area contributed by atoms with Crippen LogP contribution < -0.4 is 9.46 Å². The van der Waals surface area contributed by atoms with E-state index in [-0.39, 0.29) is 10.8 Å². The molecule has 1 N–H and O–H groups in total. The summed E-state index contributed by atoms with van der Waals surface area (Å²) in [5.41, 5.74) is 0. The van der Waals surface area contributed by atoms with Gasteiger partial charge in [0.15, 0.2) is 0 Å². The molecule has 120 valence electrons. The fraction of sp³-hybridized carbons (Fsp3) is 0.571. The van der Waals surface area contributed by atoms with Gasteiger partial charge in [-0.25, -0.2) is 0 Å². The van der Waals surface area contributed by atoms with Crippen LogP contribution in [-0.4, -0.2) is 12.9 Å². The SMILES string of the molecule is CCCCCCCNSc1ccc(OC(F)(F)F)cc1Cl. The van der Waals surface area contributed by atoms with Crippen LogP contribution in [-0.2, 0) is 0 Å². The number of halogens is 4. The van der Waals surface area contributed by atoms with Gasteiger partial charge >= 0.3 is 6.36 Å². The summed E-state index contributed by atoms with van der Waals surface area (Å²) in [6.07, 6.45) is 1.24. The van der Waals surface area contributed by atoms with Gasteiger partial charge in [-0.2, -0.15) is 0 Å². The van der Waals surface area contributed by atoms with Crippen LogP contribution in [0.15, 0.2) is 23.1 Å². The third-order valence-electron chi connectivity index (χ3n) is 2.70. The highest BCUT2D eigenvalue weighted by atomic mass is 35.5. The van der Waals surface area contributed by atoms with E-state index in [1.54, 1.807) is 0 Å². The quantitative estimate of drug-likeness (QED) is 0.452. The summed E-state index contributed by atoms with van der Waals surface area (Å²) in [5, 5.41) is 0.236. The maximum absolute atomic E-state index is 12.1. The van der Waals surface area contributed by atoms with Gasteiger partial charge in [-0.3, -0.25) is 4.72 Å². The highest BCUT2D eigenvalue weighted by Gasteiger charge is 2.31. The largest absolute Gasteiger partial charge is 0.573 e. The molecule has 0 fully saturated rings. The van der Waals surface area contributed by atoms with Crippen LogP contribution in [0.1, 0.15) is 39.0 Å². The van der Waals surface area contributed by atoms with Crippen molar-refractivity contribution >= 4 is 23.5 Å². The second-order valence-corrected chi connectivity index (χ2v) is 5.89. The Kier molecular flexibility index (Phi) is 8.29.